The smallest absolute Gasteiger partial charge is 0.243 e. The van der Waals surface area contributed by atoms with Gasteiger partial charge in [0.25, 0.3) is 0 Å². The van der Waals surface area contributed by atoms with Crippen molar-refractivity contribution in [2.24, 2.45) is 5.92 Å². The molecule has 0 radical (unpaired) electrons. The molecule has 0 amide bonds. The molecule has 1 aliphatic heterocycles. The lowest BCUT2D eigenvalue weighted by Gasteiger charge is -2.29. The molecule has 2 aliphatic rings. The van der Waals surface area contributed by atoms with Crippen molar-refractivity contribution in [2.75, 3.05) is 27.1 Å². The van der Waals surface area contributed by atoms with Gasteiger partial charge in [-0.1, -0.05) is 51.4 Å². The molecular formula is C14H28BIN2. The Morgan fingerprint density at radius 2 is 1.56 bits per heavy atom. The van der Waals surface area contributed by atoms with E-state index in [9.17, 15) is 0 Å². The summed E-state index contributed by atoms with van der Waals surface area (Å²) in [5, 5.41) is 0. The SMILES string of the molecule is CN(C)B1CN(I)CC1C1CCCCCCCC1. The first-order chi connectivity index (χ1) is 8.68. The molecule has 104 valence electrons. The van der Waals surface area contributed by atoms with E-state index in [1.54, 1.807) is 0 Å². The molecule has 0 spiro atoms. The summed E-state index contributed by atoms with van der Waals surface area (Å²) >= 11 is 2.52. The van der Waals surface area contributed by atoms with Gasteiger partial charge < -0.3 is 4.81 Å². The monoisotopic (exact) mass is 362 g/mol. The first kappa shape index (κ1) is 15.1. The Labute approximate surface area is 127 Å². The fourth-order valence-corrected chi connectivity index (χ4v) is 4.72. The largest absolute Gasteiger partial charge is 0.346 e. The number of halogens is 1. The summed E-state index contributed by atoms with van der Waals surface area (Å²) < 4.78 is 2.51. The molecule has 1 heterocycles. The van der Waals surface area contributed by atoms with Crippen LogP contribution in [-0.2, 0) is 0 Å². The standard InChI is InChI=1S/C14H28BIN2/c1-17(2)15-12-18(16)11-14(15)13-9-7-5-3-4-6-8-10-13/h13-14H,3-12H2,1-2H3. The van der Waals surface area contributed by atoms with Gasteiger partial charge in [0.15, 0.2) is 0 Å². The van der Waals surface area contributed by atoms with Crippen LogP contribution in [0.15, 0.2) is 0 Å². The molecule has 1 saturated heterocycles. The first-order valence-corrected chi connectivity index (χ1v) is 8.72. The fourth-order valence-electron chi connectivity index (χ4n) is 3.87. The lowest BCUT2D eigenvalue weighted by atomic mass is 9.48. The summed E-state index contributed by atoms with van der Waals surface area (Å²) in [5.41, 5.74) is 0. The molecular weight excluding hydrogens is 334 g/mol. The van der Waals surface area contributed by atoms with Crippen LogP contribution in [0.25, 0.3) is 0 Å². The average Bonchev–Trinajstić information content (AvgIpc) is 2.76. The Hall–Kier alpha value is 0.715. The first-order valence-electron chi connectivity index (χ1n) is 7.75. The molecule has 18 heavy (non-hydrogen) atoms. The van der Waals surface area contributed by atoms with Crippen molar-refractivity contribution in [1.82, 2.24) is 7.92 Å². The fraction of sp³-hybridized carbons (Fsp3) is 1.00. The zero-order valence-corrected chi connectivity index (χ0v) is 14.2. The molecule has 0 aromatic rings. The summed E-state index contributed by atoms with van der Waals surface area (Å²) in [6.45, 7) is 2.10. The van der Waals surface area contributed by atoms with E-state index in [1.807, 2.05) is 0 Å². The second kappa shape index (κ2) is 7.48. The molecule has 1 saturated carbocycles. The van der Waals surface area contributed by atoms with Crippen LogP contribution < -0.4 is 0 Å². The minimum atomic E-state index is 0.785. The normalized spacial score (nSPS) is 29.3. The minimum absolute atomic E-state index is 0.785. The van der Waals surface area contributed by atoms with E-state index in [0.29, 0.717) is 0 Å². The van der Waals surface area contributed by atoms with Gasteiger partial charge >= 0.3 is 0 Å². The van der Waals surface area contributed by atoms with Gasteiger partial charge in [-0.25, -0.2) is 0 Å². The predicted molar refractivity (Wildman–Crippen MR) is 89.2 cm³/mol. The van der Waals surface area contributed by atoms with Crippen LogP contribution in [0.2, 0.25) is 5.82 Å². The van der Waals surface area contributed by atoms with Gasteiger partial charge in [-0.2, -0.15) is 0 Å². The zero-order chi connectivity index (χ0) is 13.0. The lowest BCUT2D eigenvalue weighted by Crippen LogP contribution is -2.40. The average molecular weight is 362 g/mol. The predicted octanol–water partition coefficient (Wildman–Crippen LogP) is 3.87. The van der Waals surface area contributed by atoms with Crippen LogP contribution in [0.3, 0.4) is 0 Å². The highest BCUT2D eigenvalue weighted by Crippen LogP contribution is 2.38. The minimum Gasteiger partial charge on any atom is -0.346 e. The van der Waals surface area contributed by atoms with E-state index < -0.39 is 0 Å². The van der Waals surface area contributed by atoms with Crippen LogP contribution in [0, 0.1) is 5.92 Å². The van der Waals surface area contributed by atoms with E-state index in [2.05, 4.69) is 44.9 Å². The molecule has 1 aliphatic carbocycles. The van der Waals surface area contributed by atoms with Gasteiger partial charge in [-0.15, -0.1) is 0 Å². The Bertz CT molecular complexity index is 240. The van der Waals surface area contributed by atoms with Crippen LogP contribution in [0.1, 0.15) is 51.4 Å². The Kier molecular flexibility index (Phi) is 6.28. The van der Waals surface area contributed by atoms with E-state index in [4.69, 9.17) is 0 Å². The highest BCUT2D eigenvalue weighted by Gasteiger charge is 2.40. The second-order valence-electron chi connectivity index (χ2n) is 6.48. The van der Waals surface area contributed by atoms with Crippen LogP contribution in [0.4, 0.5) is 0 Å². The van der Waals surface area contributed by atoms with Crippen molar-refractivity contribution in [3.05, 3.63) is 0 Å². The Balaban J connectivity index is 1.97. The molecule has 1 unspecified atom stereocenters. The van der Waals surface area contributed by atoms with E-state index in [0.717, 1.165) is 18.6 Å². The molecule has 0 aromatic carbocycles. The quantitative estimate of drug-likeness (QED) is 0.418. The molecule has 0 N–H and O–H groups in total. The summed E-state index contributed by atoms with van der Waals surface area (Å²) in [4.78, 5) is 2.47. The number of nitrogens with zero attached hydrogens (tertiary/aromatic N) is 2. The summed E-state index contributed by atoms with van der Waals surface area (Å²) in [5.74, 6) is 1.89. The van der Waals surface area contributed by atoms with Crippen LogP contribution in [0.5, 0.6) is 0 Å². The van der Waals surface area contributed by atoms with Crippen molar-refractivity contribution in [1.29, 1.82) is 0 Å². The molecule has 4 heteroatoms. The highest BCUT2D eigenvalue weighted by molar-refractivity contribution is 14.1. The van der Waals surface area contributed by atoms with Crippen molar-refractivity contribution < 1.29 is 0 Å². The topological polar surface area (TPSA) is 6.48 Å². The maximum absolute atomic E-state index is 2.52. The molecule has 2 nitrogen and oxygen atoms in total. The van der Waals surface area contributed by atoms with Gasteiger partial charge in [0.05, 0.1) is 0 Å². The van der Waals surface area contributed by atoms with E-state index >= 15 is 0 Å². The highest BCUT2D eigenvalue weighted by atomic mass is 127. The third kappa shape index (κ3) is 4.10. The number of rotatable bonds is 2. The Morgan fingerprint density at radius 3 is 2.11 bits per heavy atom. The number of hydrogen-bond donors (Lipinski definition) is 0. The third-order valence-corrected chi connectivity index (χ3v) is 5.74. The second-order valence-corrected chi connectivity index (χ2v) is 7.85. The summed E-state index contributed by atoms with van der Waals surface area (Å²) in [6, 6.07) is 0. The van der Waals surface area contributed by atoms with Crippen LogP contribution >= 0.6 is 22.9 Å². The van der Waals surface area contributed by atoms with Crippen molar-refractivity contribution >= 4 is 29.7 Å². The van der Waals surface area contributed by atoms with Gasteiger partial charge in [0, 0.05) is 35.9 Å². The Morgan fingerprint density at radius 1 is 1.00 bits per heavy atom. The molecule has 0 aromatic heterocycles. The number of hydrogen-bond acceptors (Lipinski definition) is 2. The van der Waals surface area contributed by atoms with E-state index in [1.165, 1.54) is 64.4 Å². The third-order valence-electron chi connectivity index (χ3n) is 4.96. The van der Waals surface area contributed by atoms with Crippen molar-refractivity contribution in [3.8, 4) is 0 Å². The van der Waals surface area contributed by atoms with Crippen LogP contribution in [-0.4, -0.2) is 41.9 Å². The maximum Gasteiger partial charge on any atom is 0.243 e. The van der Waals surface area contributed by atoms with Gasteiger partial charge in [-0.05, 0) is 25.8 Å². The van der Waals surface area contributed by atoms with Gasteiger partial charge in [-0.3, -0.25) is 3.11 Å². The summed E-state index contributed by atoms with van der Waals surface area (Å²) in [6.07, 6.45) is 13.1. The van der Waals surface area contributed by atoms with Crippen molar-refractivity contribution in [3.63, 3.8) is 0 Å². The lowest BCUT2D eigenvalue weighted by molar-refractivity contribution is 0.381. The molecule has 1 atom stereocenters. The molecule has 2 rings (SSSR count). The summed E-state index contributed by atoms with van der Waals surface area (Å²) in [7, 11) is 4.53. The van der Waals surface area contributed by atoms with Gasteiger partial charge in [0.2, 0.25) is 6.85 Å². The van der Waals surface area contributed by atoms with Gasteiger partial charge in [0.1, 0.15) is 0 Å². The van der Waals surface area contributed by atoms with E-state index in [-0.39, 0.29) is 0 Å². The van der Waals surface area contributed by atoms with Crippen molar-refractivity contribution in [2.45, 2.75) is 57.2 Å². The maximum atomic E-state index is 2.52. The molecule has 0 bridgehead atoms. The zero-order valence-electron chi connectivity index (χ0n) is 12.1. The molecule has 2 fully saturated rings.